The summed E-state index contributed by atoms with van der Waals surface area (Å²) in [6.07, 6.45) is -0.165. The number of carboxylic acid groups (broad SMARTS) is 1. The standard InChI is InChI=1S/C18H20N2O7S/c1-2-27-17-10-4-3-9-16(17)19(12-6-11-18(21)22)28(25,26)15-8-5-7-14(13-15)20(23)24/h3-5,7-10,13H,2,6,11-12H2,1H3,(H,21,22). The number of para-hydroxylation sites is 2. The van der Waals surface area contributed by atoms with E-state index in [1.54, 1.807) is 31.2 Å². The number of benzene rings is 2. The van der Waals surface area contributed by atoms with Crippen molar-refractivity contribution in [1.29, 1.82) is 0 Å². The molecule has 2 aromatic carbocycles. The molecule has 2 aromatic rings. The van der Waals surface area contributed by atoms with Gasteiger partial charge in [0.2, 0.25) is 0 Å². The number of non-ortho nitro benzene ring substituents is 1. The molecule has 9 nitrogen and oxygen atoms in total. The summed E-state index contributed by atoms with van der Waals surface area (Å²) in [4.78, 5) is 20.9. The molecule has 0 atom stereocenters. The van der Waals surface area contributed by atoms with E-state index < -0.39 is 20.9 Å². The largest absolute Gasteiger partial charge is 0.492 e. The zero-order valence-corrected chi connectivity index (χ0v) is 16.0. The van der Waals surface area contributed by atoms with Gasteiger partial charge in [-0.3, -0.25) is 19.2 Å². The maximum atomic E-state index is 13.2. The summed E-state index contributed by atoms with van der Waals surface area (Å²) in [5, 5.41) is 19.9. The second-order valence-corrected chi connectivity index (χ2v) is 7.59. The monoisotopic (exact) mass is 408 g/mol. The number of sulfonamides is 1. The molecule has 0 aliphatic heterocycles. The van der Waals surface area contributed by atoms with Crippen LogP contribution in [0.3, 0.4) is 0 Å². The van der Waals surface area contributed by atoms with Crippen LogP contribution in [0.4, 0.5) is 11.4 Å². The Bertz CT molecular complexity index is 960. The molecule has 0 radical (unpaired) electrons. The Morgan fingerprint density at radius 3 is 2.57 bits per heavy atom. The molecule has 0 fully saturated rings. The third kappa shape index (κ3) is 4.97. The van der Waals surface area contributed by atoms with E-state index in [1.807, 2.05) is 0 Å². The number of aliphatic carboxylic acids is 1. The zero-order valence-electron chi connectivity index (χ0n) is 15.1. The number of rotatable bonds is 10. The van der Waals surface area contributed by atoms with Crippen LogP contribution in [-0.2, 0) is 14.8 Å². The van der Waals surface area contributed by atoms with Crippen molar-refractivity contribution < 1.29 is 28.0 Å². The van der Waals surface area contributed by atoms with Crippen molar-refractivity contribution in [3.05, 3.63) is 58.6 Å². The molecular formula is C18H20N2O7S. The van der Waals surface area contributed by atoms with E-state index in [4.69, 9.17) is 9.84 Å². The Morgan fingerprint density at radius 2 is 1.93 bits per heavy atom. The minimum atomic E-state index is -4.19. The Kier molecular flexibility index (Phi) is 6.94. The first-order valence-electron chi connectivity index (χ1n) is 8.48. The first-order valence-corrected chi connectivity index (χ1v) is 9.92. The van der Waals surface area contributed by atoms with Gasteiger partial charge >= 0.3 is 5.97 Å². The highest BCUT2D eigenvalue weighted by Crippen LogP contribution is 2.33. The van der Waals surface area contributed by atoms with Crippen molar-refractivity contribution >= 4 is 27.4 Å². The van der Waals surface area contributed by atoms with Gasteiger partial charge in [-0.2, -0.15) is 0 Å². The normalized spacial score (nSPS) is 11.0. The lowest BCUT2D eigenvalue weighted by Crippen LogP contribution is -2.32. The van der Waals surface area contributed by atoms with Crippen LogP contribution in [0.2, 0.25) is 0 Å². The molecule has 0 bridgehead atoms. The second-order valence-electron chi connectivity index (χ2n) is 5.73. The summed E-state index contributed by atoms with van der Waals surface area (Å²) in [5.41, 5.74) is -0.120. The lowest BCUT2D eigenvalue weighted by Gasteiger charge is -2.26. The molecule has 0 saturated heterocycles. The first kappa shape index (κ1) is 21.2. The van der Waals surface area contributed by atoms with Crippen molar-refractivity contribution in [2.75, 3.05) is 17.5 Å². The van der Waals surface area contributed by atoms with Crippen LogP contribution >= 0.6 is 0 Å². The third-order valence-corrected chi connectivity index (χ3v) is 5.61. The summed E-state index contributed by atoms with van der Waals surface area (Å²) >= 11 is 0. The van der Waals surface area contributed by atoms with E-state index in [0.717, 1.165) is 10.4 Å². The molecule has 2 rings (SSSR count). The van der Waals surface area contributed by atoms with Crippen LogP contribution in [0.1, 0.15) is 19.8 Å². The lowest BCUT2D eigenvalue weighted by molar-refractivity contribution is -0.385. The van der Waals surface area contributed by atoms with E-state index >= 15 is 0 Å². The number of nitro benzene ring substituents is 1. The van der Waals surface area contributed by atoms with Crippen LogP contribution in [0.25, 0.3) is 0 Å². The Morgan fingerprint density at radius 1 is 1.21 bits per heavy atom. The average Bonchev–Trinajstić information content (AvgIpc) is 2.66. The molecule has 0 aliphatic rings. The quantitative estimate of drug-likeness (QED) is 0.473. The number of hydrogen-bond donors (Lipinski definition) is 1. The minimum Gasteiger partial charge on any atom is -0.492 e. The smallest absolute Gasteiger partial charge is 0.303 e. The summed E-state index contributed by atoms with van der Waals surface area (Å²) in [6, 6.07) is 11.2. The van der Waals surface area contributed by atoms with Gasteiger partial charge < -0.3 is 9.84 Å². The fourth-order valence-corrected chi connectivity index (χ4v) is 4.12. The molecule has 0 heterocycles. The number of carboxylic acids is 1. The molecular weight excluding hydrogens is 388 g/mol. The molecule has 0 spiro atoms. The molecule has 0 aromatic heterocycles. The van der Waals surface area contributed by atoms with Crippen LogP contribution < -0.4 is 9.04 Å². The predicted molar refractivity (Wildman–Crippen MR) is 102 cm³/mol. The van der Waals surface area contributed by atoms with Gasteiger partial charge in [0, 0.05) is 25.1 Å². The highest BCUT2D eigenvalue weighted by atomic mass is 32.2. The first-order chi connectivity index (χ1) is 13.3. The summed E-state index contributed by atoms with van der Waals surface area (Å²) < 4.78 is 33.0. The van der Waals surface area contributed by atoms with E-state index in [0.29, 0.717) is 12.4 Å². The molecule has 0 saturated carbocycles. The van der Waals surface area contributed by atoms with Gasteiger partial charge in [0.25, 0.3) is 15.7 Å². The predicted octanol–water partition coefficient (Wildman–Crippen LogP) is 3.05. The maximum absolute atomic E-state index is 13.2. The molecule has 10 heteroatoms. The van der Waals surface area contributed by atoms with Crippen molar-refractivity contribution in [3.63, 3.8) is 0 Å². The minimum absolute atomic E-state index is 0.0595. The summed E-state index contributed by atoms with van der Waals surface area (Å²) in [7, 11) is -4.19. The average molecular weight is 408 g/mol. The number of nitro groups is 1. The number of hydrogen-bond acceptors (Lipinski definition) is 6. The molecule has 28 heavy (non-hydrogen) atoms. The van der Waals surface area contributed by atoms with E-state index in [-0.39, 0.29) is 35.7 Å². The molecule has 1 N–H and O–H groups in total. The van der Waals surface area contributed by atoms with Gasteiger partial charge in [-0.25, -0.2) is 8.42 Å². The van der Waals surface area contributed by atoms with Crippen molar-refractivity contribution in [1.82, 2.24) is 0 Å². The van der Waals surface area contributed by atoms with Gasteiger partial charge in [-0.15, -0.1) is 0 Å². The number of anilines is 1. The van der Waals surface area contributed by atoms with Gasteiger partial charge in [0.1, 0.15) is 5.75 Å². The Balaban J connectivity index is 2.53. The summed E-state index contributed by atoms with van der Waals surface area (Å²) in [6.45, 7) is 1.93. The van der Waals surface area contributed by atoms with E-state index in [2.05, 4.69) is 0 Å². The molecule has 0 unspecified atom stereocenters. The highest BCUT2D eigenvalue weighted by molar-refractivity contribution is 7.92. The van der Waals surface area contributed by atoms with Crippen molar-refractivity contribution in [2.24, 2.45) is 0 Å². The van der Waals surface area contributed by atoms with Crippen LogP contribution in [0.5, 0.6) is 5.75 Å². The Labute approximate surface area is 162 Å². The Hall–Kier alpha value is -3.14. The maximum Gasteiger partial charge on any atom is 0.303 e. The molecule has 0 aliphatic carbocycles. The molecule has 0 amide bonds. The van der Waals surface area contributed by atoms with Gasteiger partial charge in [0.15, 0.2) is 0 Å². The SMILES string of the molecule is CCOc1ccccc1N(CCCC(=O)O)S(=O)(=O)c1cccc([N+](=O)[O-])c1. The van der Waals surface area contributed by atoms with Gasteiger partial charge in [-0.05, 0) is 31.5 Å². The fourth-order valence-electron chi connectivity index (χ4n) is 2.57. The van der Waals surface area contributed by atoms with Crippen LogP contribution in [-0.4, -0.2) is 37.6 Å². The van der Waals surface area contributed by atoms with Gasteiger partial charge in [-0.1, -0.05) is 18.2 Å². The van der Waals surface area contributed by atoms with Crippen molar-refractivity contribution in [3.8, 4) is 5.75 Å². The van der Waals surface area contributed by atoms with Gasteiger partial charge in [0.05, 0.1) is 22.1 Å². The fraction of sp³-hybridized carbons (Fsp3) is 0.278. The zero-order chi connectivity index (χ0) is 20.7. The third-order valence-electron chi connectivity index (χ3n) is 3.80. The number of nitrogens with zero attached hydrogens (tertiary/aromatic N) is 2. The topological polar surface area (TPSA) is 127 Å². The summed E-state index contributed by atoms with van der Waals surface area (Å²) in [5.74, 6) is -0.736. The lowest BCUT2D eigenvalue weighted by atomic mass is 10.2. The number of ether oxygens (including phenoxy) is 1. The highest BCUT2D eigenvalue weighted by Gasteiger charge is 2.28. The van der Waals surface area contributed by atoms with E-state index in [9.17, 15) is 23.3 Å². The second kappa shape index (κ2) is 9.18. The van der Waals surface area contributed by atoms with Crippen LogP contribution in [0.15, 0.2) is 53.4 Å². The molecule has 150 valence electrons. The van der Waals surface area contributed by atoms with Crippen molar-refractivity contribution in [2.45, 2.75) is 24.7 Å². The number of carbonyl (C=O) groups is 1. The van der Waals surface area contributed by atoms with Crippen LogP contribution in [0, 0.1) is 10.1 Å². The van der Waals surface area contributed by atoms with E-state index in [1.165, 1.54) is 18.2 Å².